The minimum atomic E-state index is 0.148. The molecule has 0 saturated carbocycles. The van der Waals surface area contributed by atoms with Gasteiger partial charge in [-0.1, -0.05) is 6.92 Å². The zero-order valence-electron chi connectivity index (χ0n) is 12.7. The van der Waals surface area contributed by atoms with E-state index in [1.54, 1.807) is 11.0 Å². The van der Waals surface area contributed by atoms with Crippen molar-refractivity contribution in [2.45, 2.75) is 26.3 Å². The van der Waals surface area contributed by atoms with E-state index >= 15 is 0 Å². The third kappa shape index (κ3) is 2.24. The van der Waals surface area contributed by atoms with Crippen molar-refractivity contribution in [3.05, 3.63) is 30.0 Å². The number of aromatic nitrogens is 6. The number of fused-ring (bicyclic) bond motifs is 1. The van der Waals surface area contributed by atoms with Crippen LogP contribution in [0, 0.1) is 6.92 Å². The van der Waals surface area contributed by atoms with Gasteiger partial charge in [-0.25, -0.2) is 9.97 Å². The number of nitrogens with zero attached hydrogens (tertiary/aromatic N) is 6. The van der Waals surface area contributed by atoms with Crippen molar-refractivity contribution in [3.8, 4) is 0 Å². The lowest BCUT2D eigenvalue weighted by molar-refractivity contribution is 0.632. The molecule has 0 aliphatic carbocycles. The highest BCUT2D eigenvalue weighted by Crippen LogP contribution is 2.27. The van der Waals surface area contributed by atoms with Crippen LogP contribution in [0.3, 0.4) is 0 Å². The molecular weight excluding hydrogens is 266 g/mol. The van der Waals surface area contributed by atoms with Crippen LogP contribution in [0.15, 0.2) is 18.6 Å². The van der Waals surface area contributed by atoms with Crippen molar-refractivity contribution in [2.75, 3.05) is 5.32 Å². The molecule has 0 unspecified atom stereocenters. The molecule has 0 radical (unpaired) electrons. The number of nitrogens with one attached hydrogen (secondary N) is 1. The molecular formula is C14H19N7. The summed E-state index contributed by atoms with van der Waals surface area (Å²) in [6.45, 7) is 4.11. The average Bonchev–Trinajstić information content (AvgIpc) is 3.01. The molecule has 0 aliphatic rings. The first-order valence-corrected chi connectivity index (χ1v) is 7.00. The van der Waals surface area contributed by atoms with Gasteiger partial charge >= 0.3 is 0 Å². The Bertz CT molecular complexity index is 771. The predicted octanol–water partition coefficient (Wildman–Crippen LogP) is 1.97. The topological polar surface area (TPSA) is 73.5 Å². The van der Waals surface area contributed by atoms with Crippen molar-refractivity contribution < 1.29 is 0 Å². The highest BCUT2D eigenvalue weighted by atomic mass is 15.3. The molecule has 7 heteroatoms. The van der Waals surface area contributed by atoms with E-state index < -0.39 is 0 Å². The molecule has 0 amide bonds. The number of rotatable bonds is 4. The normalized spacial score (nSPS) is 12.8. The van der Waals surface area contributed by atoms with Gasteiger partial charge in [0, 0.05) is 20.3 Å². The van der Waals surface area contributed by atoms with Crippen LogP contribution in [0.1, 0.15) is 30.8 Å². The van der Waals surface area contributed by atoms with Crippen molar-refractivity contribution >= 4 is 16.9 Å². The molecule has 0 fully saturated rings. The van der Waals surface area contributed by atoms with E-state index in [-0.39, 0.29) is 6.04 Å². The third-order valence-electron chi connectivity index (χ3n) is 3.73. The van der Waals surface area contributed by atoms with Gasteiger partial charge in [-0.2, -0.15) is 10.2 Å². The second-order valence-corrected chi connectivity index (χ2v) is 5.11. The van der Waals surface area contributed by atoms with Crippen LogP contribution in [0.25, 0.3) is 11.0 Å². The molecule has 0 aliphatic heterocycles. The molecule has 7 nitrogen and oxygen atoms in total. The van der Waals surface area contributed by atoms with Gasteiger partial charge < -0.3 is 5.32 Å². The Morgan fingerprint density at radius 3 is 2.71 bits per heavy atom. The first-order chi connectivity index (χ1) is 10.1. The second-order valence-electron chi connectivity index (χ2n) is 5.11. The lowest BCUT2D eigenvalue weighted by atomic mass is 10.1. The van der Waals surface area contributed by atoms with Gasteiger partial charge in [-0.3, -0.25) is 9.36 Å². The summed E-state index contributed by atoms with van der Waals surface area (Å²) in [6.07, 6.45) is 4.32. The first-order valence-electron chi connectivity index (χ1n) is 7.00. The Balaban J connectivity index is 2.03. The molecule has 0 bridgehead atoms. The van der Waals surface area contributed by atoms with E-state index in [4.69, 9.17) is 0 Å². The summed E-state index contributed by atoms with van der Waals surface area (Å²) in [6, 6.07) is 2.17. The van der Waals surface area contributed by atoms with Crippen molar-refractivity contribution in [2.24, 2.45) is 14.1 Å². The Labute approximate surface area is 123 Å². The fourth-order valence-electron chi connectivity index (χ4n) is 2.66. The summed E-state index contributed by atoms with van der Waals surface area (Å²) in [4.78, 5) is 8.71. The number of anilines is 1. The predicted molar refractivity (Wildman–Crippen MR) is 80.9 cm³/mol. The zero-order valence-corrected chi connectivity index (χ0v) is 12.7. The molecule has 0 saturated heterocycles. The molecule has 3 heterocycles. The van der Waals surface area contributed by atoms with Crippen molar-refractivity contribution in [1.29, 1.82) is 0 Å². The maximum atomic E-state index is 4.42. The third-order valence-corrected chi connectivity index (χ3v) is 3.73. The van der Waals surface area contributed by atoms with Crippen LogP contribution >= 0.6 is 0 Å². The standard InChI is InChI=1S/C14H19N7/c1-5-10(11-6-7-17-20(11)3)18-13-12-9(2)19-21(4)14(12)16-8-15-13/h6-8,10H,5H2,1-4H3,(H,15,16,18)/t10-/m0/s1. The summed E-state index contributed by atoms with van der Waals surface area (Å²) < 4.78 is 3.66. The number of hydrogen-bond donors (Lipinski definition) is 1. The highest BCUT2D eigenvalue weighted by Gasteiger charge is 2.17. The van der Waals surface area contributed by atoms with Crippen LogP contribution in [0.4, 0.5) is 5.82 Å². The first kappa shape index (κ1) is 13.5. The van der Waals surface area contributed by atoms with Gasteiger partial charge in [0.25, 0.3) is 0 Å². The van der Waals surface area contributed by atoms with Crippen molar-refractivity contribution in [1.82, 2.24) is 29.5 Å². The van der Waals surface area contributed by atoms with Gasteiger partial charge in [0.05, 0.1) is 22.8 Å². The average molecular weight is 285 g/mol. The minimum Gasteiger partial charge on any atom is -0.361 e. The van der Waals surface area contributed by atoms with E-state index in [2.05, 4.69) is 32.4 Å². The summed E-state index contributed by atoms with van der Waals surface area (Å²) >= 11 is 0. The maximum absolute atomic E-state index is 4.42. The molecule has 110 valence electrons. The molecule has 0 spiro atoms. The molecule has 1 atom stereocenters. The van der Waals surface area contributed by atoms with Gasteiger partial charge in [-0.15, -0.1) is 0 Å². The van der Waals surface area contributed by atoms with Crippen LogP contribution in [-0.4, -0.2) is 29.5 Å². The van der Waals surface area contributed by atoms with Crippen molar-refractivity contribution in [3.63, 3.8) is 0 Å². The van der Waals surface area contributed by atoms with Gasteiger partial charge in [0.1, 0.15) is 12.1 Å². The smallest absolute Gasteiger partial charge is 0.163 e. The Morgan fingerprint density at radius 1 is 1.24 bits per heavy atom. The van der Waals surface area contributed by atoms with Crippen LogP contribution in [-0.2, 0) is 14.1 Å². The number of hydrogen-bond acceptors (Lipinski definition) is 5. The SMILES string of the molecule is CC[C@H](Nc1ncnc2c1c(C)nn2C)c1ccnn1C. The Morgan fingerprint density at radius 2 is 2.05 bits per heavy atom. The van der Waals surface area contributed by atoms with Gasteiger partial charge in [-0.05, 0) is 19.4 Å². The fraction of sp³-hybridized carbons (Fsp3) is 0.429. The molecule has 3 aromatic rings. The maximum Gasteiger partial charge on any atom is 0.163 e. The molecule has 0 aromatic carbocycles. The molecule has 1 N–H and O–H groups in total. The van der Waals surface area contributed by atoms with Crippen LogP contribution in [0.2, 0.25) is 0 Å². The Kier molecular flexibility index (Phi) is 3.32. The van der Waals surface area contributed by atoms with E-state index in [0.717, 1.165) is 34.7 Å². The second kappa shape index (κ2) is 5.16. The van der Waals surface area contributed by atoms with Gasteiger partial charge in [0.15, 0.2) is 5.65 Å². The monoisotopic (exact) mass is 285 g/mol. The largest absolute Gasteiger partial charge is 0.361 e. The zero-order chi connectivity index (χ0) is 15.0. The Hall–Kier alpha value is -2.44. The summed E-state index contributed by atoms with van der Waals surface area (Å²) in [5.74, 6) is 0.818. The van der Waals surface area contributed by atoms with Crippen LogP contribution in [0.5, 0.6) is 0 Å². The van der Waals surface area contributed by atoms with E-state index in [0.29, 0.717) is 0 Å². The van der Waals surface area contributed by atoms with Gasteiger partial charge in [0.2, 0.25) is 0 Å². The van der Waals surface area contributed by atoms with E-state index in [1.165, 1.54) is 0 Å². The van der Waals surface area contributed by atoms with Crippen LogP contribution < -0.4 is 5.32 Å². The summed E-state index contributed by atoms with van der Waals surface area (Å²) in [5, 5.41) is 13.1. The van der Waals surface area contributed by atoms with E-state index in [1.807, 2.05) is 38.0 Å². The minimum absolute atomic E-state index is 0.148. The molecule has 3 rings (SSSR count). The fourth-order valence-corrected chi connectivity index (χ4v) is 2.66. The molecule has 3 aromatic heterocycles. The number of aryl methyl sites for hydroxylation is 3. The summed E-state index contributed by atoms with van der Waals surface area (Å²) in [5.41, 5.74) is 2.89. The highest BCUT2D eigenvalue weighted by molar-refractivity contribution is 5.89. The lowest BCUT2D eigenvalue weighted by Gasteiger charge is -2.18. The quantitative estimate of drug-likeness (QED) is 0.793. The molecule has 21 heavy (non-hydrogen) atoms. The summed E-state index contributed by atoms with van der Waals surface area (Å²) in [7, 11) is 3.84. The van der Waals surface area contributed by atoms with E-state index in [9.17, 15) is 0 Å². The lowest BCUT2D eigenvalue weighted by Crippen LogP contribution is -2.15.